The third kappa shape index (κ3) is 6.98. The molecule has 0 aliphatic rings. The van der Waals surface area contributed by atoms with E-state index in [1.54, 1.807) is 0 Å². The highest BCUT2D eigenvalue weighted by molar-refractivity contribution is 5.71. The lowest BCUT2D eigenvalue weighted by atomic mass is 9.98. The summed E-state index contributed by atoms with van der Waals surface area (Å²) in [5.41, 5.74) is 2.35. The predicted octanol–water partition coefficient (Wildman–Crippen LogP) is 4.12. The van der Waals surface area contributed by atoms with E-state index in [2.05, 4.69) is 26.5 Å². The highest BCUT2D eigenvalue weighted by Gasteiger charge is 2.15. The molecule has 17 heavy (non-hydrogen) atoms. The lowest BCUT2D eigenvalue weighted by Gasteiger charge is -2.17. The van der Waals surface area contributed by atoms with E-state index in [0.717, 1.165) is 18.4 Å². The van der Waals surface area contributed by atoms with Crippen molar-refractivity contribution < 1.29 is 9.53 Å². The predicted molar refractivity (Wildman–Crippen MR) is 72.8 cm³/mol. The van der Waals surface area contributed by atoms with E-state index in [1.165, 1.54) is 5.57 Å². The molecule has 0 rings (SSSR count). The summed E-state index contributed by atoms with van der Waals surface area (Å²) in [7, 11) is 0. The Labute approximate surface area is 106 Å². The summed E-state index contributed by atoms with van der Waals surface area (Å²) in [6.45, 7) is 14.4. The van der Waals surface area contributed by atoms with Gasteiger partial charge in [0.15, 0.2) is 0 Å². The Bertz CT molecular complexity index is 285. The van der Waals surface area contributed by atoms with Crippen LogP contribution >= 0.6 is 0 Å². The number of carbonyl (C=O) groups excluding carboxylic acids is 1. The van der Waals surface area contributed by atoms with Crippen molar-refractivity contribution in [2.24, 2.45) is 11.8 Å². The molecule has 0 spiro atoms. The molecule has 0 fully saturated rings. The van der Waals surface area contributed by atoms with Crippen LogP contribution in [0.4, 0.5) is 0 Å². The van der Waals surface area contributed by atoms with Gasteiger partial charge in [0, 0.05) is 5.92 Å². The van der Waals surface area contributed by atoms with Gasteiger partial charge in [0.1, 0.15) is 0 Å². The van der Waals surface area contributed by atoms with E-state index < -0.39 is 0 Å². The topological polar surface area (TPSA) is 26.3 Å². The fourth-order valence-corrected chi connectivity index (χ4v) is 1.28. The number of ether oxygens (including phenoxy) is 1. The summed E-state index contributed by atoms with van der Waals surface area (Å²) in [5, 5.41) is 0. The second-order valence-electron chi connectivity index (χ2n) is 5.00. The van der Waals surface area contributed by atoms with Gasteiger partial charge in [-0.3, -0.25) is 4.79 Å². The van der Waals surface area contributed by atoms with Gasteiger partial charge in [-0.2, -0.15) is 0 Å². The lowest BCUT2D eigenvalue weighted by molar-refractivity contribution is -0.149. The Morgan fingerprint density at radius 1 is 1.35 bits per heavy atom. The zero-order chi connectivity index (χ0) is 13.4. The van der Waals surface area contributed by atoms with Crippen molar-refractivity contribution >= 4 is 5.97 Å². The Balaban J connectivity index is 4.23. The molecule has 0 aliphatic carbocycles. The van der Waals surface area contributed by atoms with E-state index in [4.69, 9.17) is 4.74 Å². The summed E-state index contributed by atoms with van der Waals surface area (Å²) in [6.07, 6.45) is 3.88. The minimum atomic E-state index is -0.101. The highest BCUT2D eigenvalue weighted by Crippen LogP contribution is 2.16. The van der Waals surface area contributed by atoms with Gasteiger partial charge in [-0.05, 0) is 33.6 Å². The van der Waals surface area contributed by atoms with Crippen molar-refractivity contribution in [1.29, 1.82) is 0 Å². The quantitative estimate of drug-likeness (QED) is 0.492. The van der Waals surface area contributed by atoms with Crippen LogP contribution < -0.4 is 0 Å². The molecule has 2 nitrogen and oxygen atoms in total. The molecule has 0 saturated carbocycles. The molecule has 2 heteroatoms. The van der Waals surface area contributed by atoms with E-state index >= 15 is 0 Å². The first-order valence-electron chi connectivity index (χ1n) is 6.33. The zero-order valence-electron chi connectivity index (χ0n) is 11.9. The van der Waals surface area contributed by atoms with Gasteiger partial charge < -0.3 is 4.74 Å². The molecule has 0 aromatic rings. The van der Waals surface area contributed by atoms with Crippen LogP contribution in [-0.4, -0.2) is 12.6 Å². The molecule has 0 amide bonds. The molecule has 0 bridgehead atoms. The highest BCUT2D eigenvalue weighted by atomic mass is 16.5. The van der Waals surface area contributed by atoms with Crippen LogP contribution in [0.1, 0.15) is 47.5 Å². The molecule has 0 heterocycles. The molecular weight excluding hydrogens is 212 g/mol. The third-order valence-corrected chi connectivity index (χ3v) is 2.95. The van der Waals surface area contributed by atoms with Gasteiger partial charge in [-0.25, -0.2) is 0 Å². The van der Waals surface area contributed by atoms with Crippen molar-refractivity contribution in [2.75, 3.05) is 6.61 Å². The number of rotatable bonds is 7. The Hall–Kier alpha value is -1.05. The SMILES string of the molecule is C=C(C)C(CC=C(C)C)COC(=O)[C@H](C)CC. The second kappa shape index (κ2) is 8.10. The number of hydrogen-bond donors (Lipinski definition) is 0. The number of allylic oxidation sites excluding steroid dienone is 2. The van der Waals surface area contributed by atoms with Crippen LogP contribution in [0.15, 0.2) is 23.8 Å². The Morgan fingerprint density at radius 2 is 1.94 bits per heavy atom. The minimum Gasteiger partial charge on any atom is -0.465 e. The van der Waals surface area contributed by atoms with Crippen LogP contribution in [0.2, 0.25) is 0 Å². The van der Waals surface area contributed by atoms with Crippen LogP contribution in [0.5, 0.6) is 0 Å². The minimum absolute atomic E-state index is 0.00998. The lowest BCUT2D eigenvalue weighted by Crippen LogP contribution is -2.19. The fourth-order valence-electron chi connectivity index (χ4n) is 1.28. The van der Waals surface area contributed by atoms with Crippen molar-refractivity contribution in [3.63, 3.8) is 0 Å². The third-order valence-electron chi connectivity index (χ3n) is 2.95. The smallest absolute Gasteiger partial charge is 0.308 e. The second-order valence-corrected chi connectivity index (χ2v) is 5.00. The van der Waals surface area contributed by atoms with Crippen molar-refractivity contribution in [1.82, 2.24) is 0 Å². The van der Waals surface area contributed by atoms with Gasteiger partial charge in [0.05, 0.1) is 12.5 Å². The summed E-state index contributed by atoms with van der Waals surface area (Å²) < 4.78 is 5.32. The zero-order valence-corrected chi connectivity index (χ0v) is 11.9. The molecule has 0 aliphatic heterocycles. The van der Waals surface area contributed by atoms with Gasteiger partial charge in [0.25, 0.3) is 0 Å². The number of hydrogen-bond acceptors (Lipinski definition) is 2. The van der Waals surface area contributed by atoms with Gasteiger partial charge >= 0.3 is 5.97 Å². The Morgan fingerprint density at radius 3 is 2.35 bits per heavy atom. The van der Waals surface area contributed by atoms with Crippen LogP contribution in [0, 0.1) is 11.8 Å². The van der Waals surface area contributed by atoms with E-state index in [1.807, 2.05) is 20.8 Å². The summed E-state index contributed by atoms with van der Waals surface area (Å²) in [5.74, 6) is 0.123. The van der Waals surface area contributed by atoms with Crippen LogP contribution in [0.25, 0.3) is 0 Å². The average molecular weight is 238 g/mol. The van der Waals surface area contributed by atoms with Gasteiger partial charge in [-0.15, -0.1) is 0 Å². The monoisotopic (exact) mass is 238 g/mol. The summed E-state index contributed by atoms with van der Waals surface area (Å²) in [4.78, 5) is 11.6. The first-order chi connectivity index (χ1) is 7.88. The molecule has 0 aromatic heterocycles. The molecule has 0 aromatic carbocycles. The van der Waals surface area contributed by atoms with E-state index in [9.17, 15) is 4.79 Å². The maximum absolute atomic E-state index is 11.6. The fraction of sp³-hybridized carbons (Fsp3) is 0.667. The van der Waals surface area contributed by atoms with Gasteiger partial charge in [0.2, 0.25) is 0 Å². The van der Waals surface area contributed by atoms with Crippen LogP contribution in [0.3, 0.4) is 0 Å². The van der Waals surface area contributed by atoms with Gasteiger partial charge in [-0.1, -0.05) is 37.6 Å². The number of carbonyl (C=O) groups is 1. The summed E-state index contributed by atoms with van der Waals surface area (Å²) >= 11 is 0. The maximum Gasteiger partial charge on any atom is 0.308 e. The maximum atomic E-state index is 11.6. The normalized spacial score (nSPS) is 13.7. The molecule has 1 unspecified atom stereocenters. The van der Waals surface area contributed by atoms with E-state index in [0.29, 0.717) is 6.61 Å². The van der Waals surface area contributed by atoms with E-state index in [-0.39, 0.29) is 17.8 Å². The molecular formula is C15H26O2. The number of esters is 1. The van der Waals surface area contributed by atoms with Crippen LogP contribution in [-0.2, 0) is 9.53 Å². The molecule has 0 radical (unpaired) electrons. The van der Waals surface area contributed by atoms with Crippen molar-refractivity contribution in [3.8, 4) is 0 Å². The first kappa shape index (κ1) is 16.0. The summed E-state index contributed by atoms with van der Waals surface area (Å²) in [6, 6.07) is 0. The first-order valence-corrected chi connectivity index (χ1v) is 6.33. The molecule has 0 N–H and O–H groups in total. The largest absolute Gasteiger partial charge is 0.465 e. The van der Waals surface area contributed by atoms with Crippen molar-refractivity contribution in [2.45, 2.75) is 47.5 Å². The molecule has 0 saturated heterocycles. The molecule has 2 atom stereocenters. The molecule has 98 valence electrons. The Kier molecular flexibility index (Phi) is 7.60. The standard InChI is InChI=1S/C15H26O2/c1-7-13(6)15(16)17-10-14(12(4)5)9-8-11(2)3/h8,13-14H,4,7,9-10H2,1-3,5-6H3/t13-,14?/m1/s1. The average Bonchev–Trinajstić information content (AvgIpc) is 2.26. The van der Waals surface area contributed by atoms with Crippen molar-refractivity contribution in [3.05, 3.63) is 23.8 Å².